The Morgan fingerprint density at radius 3 is 0.968 bits per heavy atom. The van der Waals surface area contributed by atoms with Gasteiger partial charge in [0.1, 0.15) is 23.2 Å². The summed E-state index contributed by atoms with van der Waals surface area (Å²) in [5.74, 6) is -1.55. The second-order valence-corrected chi connectivity index (χ2v) is 32.1. The predicted octanol–water partition coefficient (Wildman–Crippen LogP) is 26.9. The van der Waals surface area contributed by atoms with Crippen molar-refractivity contribution in [2.75, 3.05) is 0 Å². The number of nitrogens with zero attached hydrogens (tertiary/aromatic N) is 8. The fourth-order valence-corrected chi connectivity index (χ4v) is 14.0. The van der Waals surface area contributed by atoms with Crippen molar-refractivity contribution >= 4 is 55.7 Å². The molecule has 13 aromatic carbocycles. The van der Waals surface area contributed by atoms with E-state index in [4.69, 9.17) is 19.9 Å². The molecule has 0 amide bonds. The number of benzene rings is 13. The van der Waals surface area contributed by atoms with Gasteiger partial charge in [-0.1, -0.05) is 172 Å². The first-order chi connectivity index (χ1) is 58.5. The van der Waals surface area contributed by atoms with E-state index in [1.54, 1.807) is 36.4 Å². The average Bonchev–Trinajstić information content (AvgIpc) is 0.770. The number of hydrogen-bond donors (Lipinski definition) is 0. The third-order valence-electron chi connectivity index (χ3n) is 20.2. The van der Waals surface area contributed by atoms with Crippen molar-refractivity contribution in [3.63, 3.8) is 0 Å². The van der Waals surface area contributed by atoms with Crippen molar-refractivity contribution in [1.29, 1.82) is 0 Å². The van der Waals surface area contributed by atoms with Crippen LogP contribution in [0.4, 0.5) is 26.3 Å². The van der Waals surface area contributed by atoms with Gasteiger partial charge in [-0.25, -0.2) is 8.78 Å². The fraction of sp³-hybridized carbons (Fsp3) is 0.170. The maximum atomic E-state index is 13.9. The third-order valence-corrected chi connectivity index (χ3v) is 20.2. The number of para-hydroxylation sites is 8. The summed E-state index contributed by atoms with van der Waals surface area (Å²) in [6, 6.07) is 93.3. The van der Waals surface area contributed by atoms with Gasteiger partial charge < -0.3 is 0 Å². The van der Waals surface area contributed by atoms with E-state index in [-0.39, 0.29) is 144 Å². The van der Waals surface area contributed by atoms with Crippen LogP contribution in [0.3, 0.4) is 0 Å². The van der Waals surface area contributed by atoms with Crippen LogP contribution < -0.4 is 0 Å². The monoisotopic (exact) mass is 2390 g/mol. The molecule has 17 rings (SSSR count). The van der Waals surface area contributed by atoms with Gasteiger partial charge in [-0.05, 0) is 196 Å². The molecule has 0 aliphatic heterocycles. The van der Waals surface area contributed by atoms with Gasteiger partial charge in [0.15, 0.2) is 0 Å². The summed E-state index contributed by atoms with van der Waals surface area (Å²) >= 11 is 0. The van der Waals surface area contributed by atoms with E-state index in [0.717, 1.165) is 117 Å². The molecule has 0 spiro atoms. The Labute approximate surface area is 785 Å². The molecule has 0 N–H and O–H groups in total. The Balaban J connectivity index is 0.000000189. The molecule has 0 aliphatic carbocycles. The molecule has 0 unspecified atom stereocenters. The van der Waals surface area contributed by atoms with Crippen LogP contribution in [-0.2, 0) is 107 Å². The maximum Gasteiger partial charge on any atom is 0.140 e. The number of ketones is 2. The van der Waals surface area contributed by atoms with E-state index in [9.17, 15) is 35.9 Å². The van der Waals surface area contributed by atoms with Crippen molar-refractivity contribution in [1.82, 2.24) is 39.9 Å². The minimum absolute atomic E-state index is 0. The smallest absolute Gasteiger partial charge is 0.140 e. The Bertz CT molecular complexity index is 6460. The van der Waals surface area contributed by atoms with Gasteiger partial charge in [-0.15, -0.1) is 119 Å². The Morgan fingerprint density at radius 1 is 0.333 bits per heavy atom. The van der Waals surface area contributed by atoms with Gasteiger partial charge in [-0.3, -0.25) is 67.0 Å². The fourth-order valence-electron chi connectivity index (χ4n) is 14.0. The Kier molecular flexibility index (Phi) is 34.6. The van der Waals surface area contributed by atoms with Crippen molar-refractivity contribution in [3.8, 4) is 101 Å². The molecule has 4 radical (unpaired) electrons. The second kappa shape index (κ2) is 44.3. The molecule has 646 valence electrons. The van der Waals surface area contributed by atoms with Gasteiger partial charge in [0, 0.05) is 139 Å². The molecule has 10 nitrogen and oxygen atoms in total. The SMILES string of the molecule is CC(=O)CC(=O)CC(C)C.CC(C)(C)c1ccc(-c2cc(-c3ccc(C(C)(C)C)cc3)cc(-c3nc4ccccc4nc3-c3[c-]cc(F)cc3)c2)cc1.CCc1cc(F)cc(C)c1-c1nc2ccccc2nc1-c1[c-]cc(F)cc1.Cc1nc2ccccc2nc1-c1[c-]cc(F)cc1.Fc1c[c-]c(-c2nc3ccccc3nc2-c2ccc(F)cc2)cc1.[Ir].[Ir].[Ir].[Ir]. The number of carbonyl (C=O) groups is 2. The van der Waals surface area contributed by atoms with Crippen LogP contribution in [0.25, 0.3) is 145 Å². The number of aromatic nitrogens is 8. The molecule has 0 aliphatic rings. The quantitative estimate of drug-likeness (QED) is 0.0588. The summed E-state index contributed by atoms with van der Waals surface area (Å²) in [6.45, 7) is 24.5. The molecule has 20 heteroatoms. The van der Waals surface area contributed by atoms with Crippen LogP contribution in [0.15, 0.2) is 273 Å². The number of aryl methyl sites for hydroxylation is 3. The minimum atomic E-state index is -0.365. The molecule has 0 saturated carbocycles. The molecule has 126 heavy (non-hydrogen) atoms. The van der Waals surface area contributed by atoms with Crippen LogP contribution in [0.1, 0.15) is 110 Å². The first-order valence-electron chi connectivity index (χ1n) is 40.2. The third kappa shape index (κ3) is 25.1. The van der Waals surface area contributed by atoms with Gasteiger partial charge >= 0.3 is 0 Å². The Morgan fingerprint density at radius 2 is 0.635 bits per heavy atom. The van der Waals surface area contributed by atoms with Gasteiger partial charge in [0.25, 0.3) is 0 Å². The van der Waals surface area contributed by atoms with Crippen molar-refractivity contribution in [2.24, 2.45) is 5.92 Å². The van der Waals surface area contributed by atoms with Crippen molar-refractivity contribution < 1.29 is 116 Å². The molecular weight excluding hydrogens is 2300 g/mol. The van der Waals surface area contributed by atoms with E-state index in [2.05, 4.69) is 152 Å². The Hall–Kier alpha value is -11.3. The van der Waals surface area contributed by atoms with Crippen LogP contribution in [-0.4, -0.2) is 51.4 Å². The standard InChI is InChI=1S/C40H36FN2.C23H17F2N2.C20H11F2N2.C15H10FN2.C8H14O2.4Ir/c1-39(2,3)32-17-11-26(12-18-32)29-23-30(27-13-19-33(20-14-27)40(4,5)6)25-31(24-29)38-37(28-15-21-34(41)22-16-28)42-35-9-7-8-10-36(35)43-38;1-3-15-13-18(25)12-14(2)21(15)23-22(16-8-10-17(24)11-9-16)26-19-6-4-5-7-20(19)27-23;21-15-9-5-13(6-10-15)19-20(14-7-11-16(22)12-8-14)24-18-4-2-1-3-17(18)23-19;1-10-15(11-6-8-12(16)9-7-11)18-14-5-3-2-4-13(14)17-10;1-6(2)4-8(10)5-7(3)9;;;;/h7-15,17-25H,1-6H3;4-8,10-13H,3H2,1-2H3;1-7,9-12H;2-6,8-9H,1H3;6H,4-5H2,1-3H3;;;;/q4*-1;;;;;. The number of carbonyl (C=O) groups excluding carboxylic acids is 2. The van der Waals surface area contributed by atoms with E-state index in [0.29, 0.717) is 63.9 Å². The molecule has 4 aromatic heterocycles. The molecule has 4 heterocycles. The van der Waals surface area contributed by atoms with Gasteiger partial charge in [-0.2, -0.15) is 0 Å². The molecular formula is C106H88F6Ir4N8O2-4. The van der Waals surface area contributed by atoms with Crippen molar-refractivity contribution in [2.45, 2.75) is 113 Å². The summed E-state index contributed by atoms with van der Waals surface area (Å²) in [4.78, 5) is 59.4. The van der Waals surface area contributed by atoms with Crippen LogP contribution in [0.5, 0.6) is 0 Å². The summed E-state index contributed by atoms with van der Waals surface area (Å²) in [5.41, 5.74) is 25.8. The average molecular weight is 2390 g/mol. The second-order valence-electron chi connectivity index (χ2n) is 32.1. The molecule has 17 aromatic rings. The summed E-state index contributed by atoms with van der Waals surface area (Å²) in [7, 11) is 0. The maximum absolute atomic E-state index is 13.9. The molecule has 0 bridgehead atoms. The van der Waals surface area contributed by atoms with Crippen LogP contribution in [0, 0.1) is 78.9 Å². The predicted molar refractivity (Wildman–Crippen MR) is 478 cm³/mol. The zero-order valence-corrected chi connectivity index (χ0v) is 80.8. The van der Waals surface area contributed by atoms with E-state index >= 15 is 0 Å². The first-order valence-corrected chi connectivity index (χ1v) is 40.2. The van der Waals surface area contributed by atoms with E-state index < -0.39 is 0 Å². The summed E-state index contributed by atoms with van der Waals surface area (Å²) in [6.07, 6.45) is 1.30. The van der Waals surface area contributed by atoms with Crippen LogP contribution in [0.2, 0.25) is 0 Å². The molecule has 0 saturated heterocycles. The largest absolute Gasteiger partial charge is 0.300 e. The number of rotatable bonds is 14. The van der Waals surface area contributed by atoms with E-state index in [1.165, 1.54) is 90.8 Å². The van der Waals surface area contributed by atoms with Crippen LogP contribution >= 0.6 is 0 Å². The first kappa shape index (κ1) is 98.5. The number of hydrogen-bond acceptors (Lipinski definition) is 10. The molecule has 0 atom stereocenters. The summed E-state index contributed by atoms with van der Waals surface area (Å²) < 4.78 is 80.6. The van der Waals surface area contributed by atoms with E-state index in [1.807, 2.05) is 132 Å². The van der Waals surface area contributed by atoms with Gasteiger partial charge in [0.2, 0.25) is 0 Å². The number of fused-ring (bicyclic) bond motifs is 4. The number of Topliss-reactive ketones (excluding diaryl/α,β-unsaturated/α-hetero) is 2. The minimum Gasteiger partial charge on any atom is -0.300 e. The zero-order valence-electron chi connectivity index (χ0n) is 71.2. The normalized spacial score (nSPS) is 10.9. The zero-order chi connectivity index (χ0) is 86.5. The van der Waals surface area contributed by atoms with Crippen molar-refractivity contribution in [3.05, 3.63) is 360 Å². The molecule has 0 fully saturated rings. The number of halogens is 6. The summed E-state index contributed by atoms with van der Waals surface area (Å²) in [5, 5.41) is 0. The van der Waals surface area contributed by atoms with Gasteiger partial charge in [0.05, 0.1) is 67.6 Å². The topological polar surface area (TPSA) is 137 Å².